The average Bonchev–Trinajstić information content (AvgIpc) is 3.34. The quantitative estimate of drug-likeness (QED) is 0.213. The van der Waals surface area contributed by atoms with E-state index in [9.17, 15) is 33.6 Å². The topological polar surface area (TPSA) is 183 Å². The fraction of sp³-hybridized carbons (Fsp3) is 0.639. The highest BCUT2D eigenvalue weighted by Crippen LogP contribution is 2.36. The van der Waals surface area contributed by atoms with Gasteiger partial charge in [-0.15, -0.1) is 0 Å². The van der Waals surface area contributed by atoms with Gasteiger partial charge in [-0.2, -0.15) is 0 Å². The molecule has 6 amide bonds. The van der Waals surface area contributed by atoms with Gasteiger partial charge >= 0.3 is 6.09 Å². The summed E-state index contributed by atoms with van der Waals surface area (Å²) in [7, 11) is 3.11. The molecule has 0 radical (unpaired) electrons. The first-order valence-corrected chi connectivity index (χ1v) is 17.0. The zero-order valence-corrected chi connectivity index (χ0v) is 31.3. The molecule has 1 aromatic carbocycles. The van der Waals surface area contributed by atoms with E-state index in [4.69, 9.17) is 4.74 Å². The first kappa shape index (κ1) is 41.7. The van der Waals surface area contributed by atoms with E-state index in [1.54, 1.807) is 79.0 Å². The minimum Gasteiger partial charge on any atom is -0.447 e. The number of benzene rings is 1. The second-order valence-electron chi connectivity index (χ2n) is 15.6. The maximum atomic E-state index is 14.0. The molecule has 1 heterocycles. The Morgan fingerprint density at radius 2 is 1.54 bits per heavy atom. The number of amides is 6. The van der Waals surface area contributed by atoms with Crippen LogP contribution in [0.25, 0.3) is 0 Å². The highest BCUT2D eigenvalue weighted by atomic mass is 16.6. The van der Waals surface area contributed by atoms with Gasteiger partial charge in [-0.3, -0.25) is 28.8 Å². The fourth-order valence-corrected chi connectivity index (χ4v) is 5.70. The molecule has 50 heavy (non-hydrogen) atoms. The molecule has 4 atom stereocenters. The van der Waals surface area contributed by atoms with E-state index in [1.165, 1.54) is 9.80 Å². The maximum absolute atomic E-state index is 14.0. The number of alkyl carbamates (subject to hydrolysis) is 1. The van der Waals surface area contributed by atoms with Gasteiger partial charge in [0.25, 0.3) is 5.91 Å². The summed E-state index contributed by atoms with van der Waals surface area (Å²) < 4.78 is 5.22. The molecule has 278 valence electrons. The molecule has 1 saturated heterocycles. The number of nitrogens with one attached hydrogen (secondary N) is 4. The van der Waals surface area contributed by atoms with E-state index in [1.807, 2.05) is 27.7 Å². The Balaban J connectivity index is 2.21. The Labute approximate surface area is 295 Å². The van der Waals surface area contributed by atoms with Crippen molar-refractivity contribution in [2.45, 2.75) is 105 Å². The lowest BCUT2D eigenvalue weighted by molar-refractivity contribution is -0.144. The Morgan fingerprint density at radius 1 is 0.940 bits per heavy atom. The zero-order chi connectivity index (χ0) is 38.1. The first-order valence-electron chi connectivity index (χ1n) is 17.0. The molecule has 1 aliphatic rings. The summed E-state index contributed by atoms with van der Waals surface area (Å²) in [6.07, 6.45) is -0.763. The highest BCUT2D eigenvalue weighted by Gasteiger charge is 2.48. The van der Waals surface area contributed by atoms with E-state index in [2.05, 4.69) is 21.3 Å². The number of ketones is 1. The van der Waals surface area contributed by atoms with Gasteiger partial charge in [-0.1, -0.05) is 78.8 Å². The Morgan fingerprint density at radius 3 is 2.06 bits per heavy atom. The number of Topliss-reactive ketones (excluding diaryl/α,β-unsaturated/α-hetero) is 1. The molecular formula is C36H56N6O8. The fourth-order valence-electron chi connectivity index (χ4n) is 5.70. The standard InChI is InChI=1S/C36H56N6O8/c1-21(2)17-24(28(44)31(46)37-19-26(43)39-27(32(47)41(10)11)23-15-13-12-14-16-23)38-30(45)25-18-36(8,9)20-42(25)33(48)29(35(5,6)7)40-34(49)50-22(3)4/h12-16,21-22,24-25,27,29H,17-20H2,1-11H3,(H,37,46)(H,38,45)(H,39,43)(H,40,49)/t24?,25-,27?,29+/m0/s1. The van der Waals surface area contributed by atoms with Crippen molar-refractivity contribution in [1.82, 2.24) is 31.1 Å². The molecular weight excluding hydrogens is 644 g/mol. The predicted molar refractivity (Wildman–Crippen MR) is 187 cm³/mol. The minimum atomic E-state index is -1.24. The lowest BCUT2D eigenvalue weighted by Gasteiger charge is -2.35. The van der Waals surface area contributed by atoms with Crippen LogP contribution in [-0.2, 0) is 33.5 Å². The van der Waals surface area contributed by atoms with Gasteiger partial charge in [-0.05, 0) is 49.0 Å². The number of carbonyl (C=O) groups excluding carboxylic acids is 7. The number of likely N-dealkylation sites (N-methyl/N-ethyl adjacent to an activating group) is 1. The lowest BCUT2D eigenvalue weighted by Crippen LogP contribution is -2.59. The maximum Gasteiger partial charge on any atom is 0.408 e. The van der Waals surface area contributed by atoms with Gasteiger partial charge < -0.3 is 35.8 Å². The molecule has 0 aliphatic carbocycles. The molecule has 2 unspecified atom stereocenters. The van der Waals surface area contributed by atoms with Crippen LogP contribution >= 0.6 is 0 Å². The molecule has 0 saturated carbocycles. The molecule has 14 heteroatoms. The number of ether oxygens (including phenoxy) is 1. The lowest BCUT2D eigenvalue weighted by atomic mass is 9.85. The van der Waals surface area contributed by atoms with Crippen molar-refractivity contribution in [3.05, 3.63) is 35.9 Å². The number of likely N-dealkylation sites (tertiary alicyclic amines) is 1. The monoisotopic (exact) mass is 700 g/mol. The van der Waals surface area contributed by atoms with Crippen LogP contribution in [-0.4, -0.2) is 103 Å². The summed E-state index contributed by atoms with van der Waals surface area (Å²) in [5.74, 6) is -4.30. The van der Waals surface area contributed by atoms with Gasteiger partial charge in [0.1, 0.15) is 18.1 Å². The number of hydrogen-bond donors (Lipinski definition) is 4. The third-order valence-corrected chi connectivity index (χ3v) is 8.12. The van der Waals surface area contributed by atoms with Crippen molar-refractivity contribution >= 4 is 41.4 Å². The van der Waals surface area contributed by atoms with Crippen molar-refractivity contribution in [2.24, 2.45) is 16.7 Å². The molecule has 0 bridgehead atoms. The van der Waals surface area contributed by atoms with Crippen LogP contribution in [0.1, 0.15) is 86.8 Å². The zero-order valence-electron chi connectivity index (χ0n) is 31.3. The second kappa shape index (κ2) is 17.4. The van der Waals surface area contributed by atoms with E-state index < -0.39 is 83.2 Å². The molecule has 0 aromatic heterocycles. The van der Waals surface area contributed by atoms with Crippen LogP contribution < -0.4 is 21.3 Å². The number of rotatable bonds is 14. The molecule has 4 N–H and O–H groups in total. The van der Waals surface area contributed by atoms with Crippen LogP contribution in [0.15, 0.2) is 30.3 Å². The average molecular weight is 701 g/mol. The first-order chi connectivity index (χ1) is 23.0. The van der Waals surface area contributed by atoms with Gasteiger partial charge in [0, 0.05) is 20.6 Å². The van der Waals surface area contributed by atoms with Gasteiger partial charge in [0.2, 0.25) is 29.4 Å². The molecule has 2 rings (SSSR count). The van der Waals surface area contributed by atoms with Crippen LogP contribution in [0.3, 0.4) is 0 Å². The van der Waals surface area contributed by atoms with E-state index >= 15 is 0 Å². The van der Waals surface area contributed by atoms with Crippen LogP contribution in [0, 0.1) is 16.7 Å². The predicted octanol–water partition coefficient (Wildman–Crippen LogP) is 2.32. The SMILES string of the molecule is CC(C)CC(NC(=O)[C@@H]1CC(C)(C)CN1C(=O)[C@@H](NC(=O)OC(C)C)C(C)(C)C)C(=O)C(=O)NCC(=O)NC(C(=O)N(C)C)c1ccccc1. The highest BCUT2D eigenvalue weighted by molar-refractivity contribution is 6.38. The summed E-state index contributed by atoms with van der Waals surface area (Å²) in [6.45, 7) is 15.9. The molecule has 1 fully saturated rings. The van der Waals surface area contributed by atoms with Crippen LogP contribution in [0.4, 0.5) is 4.79 Å². The van der Waals surface area contributed by atoms with E-state index in [0.717, 1.165) is 0 Å². The number of hydrogen-bond acceptors (Lipinski definition) is 8. The summed E-state index contributed by atoms with van der Waals surface area (Å²) in [5.41, 5.74) is -0.654. The van der Waals surface area contributed by atoms with E-state index in [-0.39, 0.29) is 31.2 Å². The number of nitrogens with zero attached hydrogens (tertiary/aromatic N) is 2. The Hall–Kier alpha value is -4.49. The third kappa shape index (κ3) is 12.1. The van der Waals surface area contributed by atoms with Crippen molar-refractivity contribution in [3.63, 3.8) is 0 Å². The van der Waals surface area contributed by atoms with E-state index in [0.29, 0.717) is 5.56 Å². The summed E-state index contributed by atoms with van der Waals surface area (Å²) in [5, 5.41) is 10.3. The van der Waals surface area contributed by atoms with Crippen molar-refractivity contribution in [2.75, 3.05) is 27.2 Å². The second-order valence-corrected chi connectivity index (χ2v) is 15.6. The summed E-state index contributed by atoms with van der Waals surface area (Å²) in [6, 6.07) is 4.37. The smallest absolute Gasteiger partial charge is 0.408 e. The van der Waals surface area contributed by atoms with Gasteiger partial charge in [0.05, 0.1) is 18.7 Å². The molecule has 1 aromatic rings. The van der Waals surface area contributed by atoms with Crippen molar-refractivity contribution in [3.8, 4) is 0 Å². The van der Waals surface area contributed by atoms with Crippen LogP contribution in [0.2, 0.25) is 0 Å². The Bertz CT molecular complexity index is 1400. The number of carbonyl (C=O) groups is 7. The van der Waals surface area contributed by atoms with Gasteiger partial charge in [0.15, 0.2) is 0 Å². The molecule has 0 spiro atoms. The molecule has 14 nitrogen and oxygen atoms in total. The largest absolute Gasteiger partial charge is 0.447 e. The van der Waals surface area contributed by atoms with Gasteiger partial charge in [-0.25, -0.2) is 4.79 Å². The minimum absolute atomic E-state index is 0.108. The van der Waals surface area contributed by atoms with Crippen molar-refractivity contribution < 1.29 is 38.3 Å². The summed E-state index contributed by atoms with van der Waals surface area (Å²) in [4.78, 5) is 95.2. The third-order valence-electron chi connectivity index (χ3n) is 8.12. The summed E-state index contributed by atoms with van der Waals surface area (Å²) >= 11 is 0. The molecule has 1 aliphatic heterocycles. The van der Waals surface area contributed by atoms with Crippen LogP contribution in [0.5, 0.6) is 0 Å². The van der Waals surface area contributed by atoms with Crippen molar-refractivity contribution in [1.29, 1.82) is 0 Å². The normalized spacial score (nSPS) is 17.3. The Kier molecular flexibility index (Phi) is 14.5.